The molecule has 1 aromatic rings. The monoisotopic (exact) mass is 266 g/mol. The predicted octanol–water partition coefficient (Wildman–Crippen LogP) is -0.264. The highest BCUT2D eigenvalue weighted by Crippen LogP contribution is 2.32. The van der Waals surface area contributed by atoms with Crippen molar-refractivity contribution in [3.8, 4) is 11.5 Å². The van der Waals surface area contributed by atoms with Crippen molar-refractivity contribution in [2.24, 2.45) is 5.73 Å². The molecule has 6 nitrogen and oxygen atoms in total. The van der Waals surface area contributed by atoms with E-state index in [1.165, 1.54) is 4.90 Å². The minimum absolute atomic E-state index is 0.0623. The van der Waals surface area contributed by atoms with Gasteiger partial charge in [-0.2, -0.15) is 0 Å². The van der Waals surface area contributed by atoms with Crippen LogP contribution in [0.25, 0.3) is 0 Å². The second-order valence-electron chi connectivity index (χ2n) is 4.45. The smallest absolute Gasteiger partial charge is 0.252 e. The number of carbonyl (C=O) groups is 1. The molecule has 104 valence electrons. The zero-order chi connectivity index (χ0) is 13.8. The zero-order valence-corrected chi connectivity index (χ0v) is 10.8. The van der Waals surface area contributed by atoms with E-state index in [9.17, 15) is 9.90 Å². The lowest BCUT2D eigenvalue weighted by molar-refractivity contribution is -0.138. The van der Waals surface area contributed by atoms with Gasteiger partial charge in [0.15, 0.2) is 11.5 Å². The van der Waals surface area contributed by atoms with Gasteiger partial charge >= 0.3 is 0 Å². The first kappa shape index (κ1) is 13.6. The quantitative estimate of drug-likeness (QED) is 0.766. The first-order valence-electron chi connectivity index (χ1n) is 6.13. The largest absolute Gasteiger partial charge is 0.454 e. The summed E-state index contributed by atoms with van der Waals surface area (Å²) in [6, 6.07) is 5.69. The second-order valence-corrected chi connectivity index (χ2v) is 4.45. The number of benzene rings is 1. The number of aliphatic hydroxyl groups is 1. The maximum absolute atomic E-state index is 11.6. The fourth-order valence-electron chi connectivity index (χ4n) is 1.86. The van der Waals surface area contributed by atoms with Gasteiger partial charge in [0, 0.05) is 20.1 Å². The molecule has 1 atom stereocenters. The number of rotatable bonds is 5. The fraction of sp³-hybridized carbons (Fsp3) is 0.462. The number of fused-ring (bicyclic) bond motifs is 1. The van der Waals surface area contributed by atoms with E-state index >= 15 is 0 Å². The Morgan fingerprint density at radius 3 is 2.95 bits per heavy atom. The molecule has 1 aliphatic heterocycles. The Hall–Kier alpha value is -1.79. The van der Waals surface area contributed by atoms with Gasteiger partial charge in [-0.1, -0.05) is 6.07 Å². The van der Waals surface area contributed by atoms with Crippen molar-refractivity contribution >= 4 is 5.91 Å². The van der Waals surface area contributed by atoms with E-state index in [-0.39, 0.29) is 19.2 Å². The molecule has 0 aliphatic carbocycles. The third kappa shape index (κ3) is 3.15. The van der Waals surface area contributed by atoms with Gasteiger partial charge in [0.25, 0.3) is 5.91 Å². The molecule has 19 heavy (non-hydrogen) atoms. The van der Waals surface area contributed by atoms with Crippen LogP contribution in [0.3, 0.4) is 0 Å². The number of carbonyl (C=O) groups excluding carboxylic acids is 1. The Morgan fingerprint density at radius 2 is 2.21 bits per heavy atom. The van der Waals surface area contributed by atoms with Crippen molar-refractivity contribution in [1.29, 1.82) is 0 Å². The molecule has 0 spiro atoms. The number of nitrogens with zero attached hydrogens (tertiary/aromatic N) is 1. The van der Waals surface area contributed by atoms with E-state index in [0.717, 1.165) is 17.1 Å². The number of aliphatic hydroxyl groups excluding tert-OH is 1. The Morgan fingerprint density at radius 1 is 1.47 bits per heavy atom. The summed E-state index contributed by atoms with van der Waals surface area (Å²) in [6.45, 7) is 0.697. The van der Waals surface area contributed by atoms with Gasteiger partial charge < -0.3 is 25.2 Å². The Balaban J connectivity index is 1.90. The van der Waals surface area contributed by atoms with E-state index in [4.69, 9.17) is 15.2 Å². The van der Waals surface area contributed by atoms with Crippen LogP contribution in [0.1, 0.15) is 5.56 Å². The number of likely N-dealkylation sites (N-methyl/N-ethyl adjacent to an activating group) is 1. The van der Waals surface area contributed by atoms with E-state index in [0.29, 0.717) is 13.0 Å². The Kier molecular flexibility index (Phi) is 4.24. The van der Waals surface area contributed by atoms with Crippen molar-refractivity contribution in [1.82, 2.24) is 4.90 Å². The van der Waals surface area contributed by atoms with Crippen molar-refractivity contribution in [2.45, 2.75) is 12.5 Å². The van der Waals surface area contributed by atoms with Crippen LogP contribution in [0.5, 0.6) is 11.5 Å². The maximum Gasteiger partial charge on any atom is 0.252 e. The summed E-state index contributed by atoms with van der Waals surface area (Å²) in [4.78, 5) is 13.1. The van der Waals surface area contributed by atoms with Gasteiger partial charge in [-0.3, -0.25) is 4.79 Å². The lowest BCUT2D eigenvalue weighted by Gasteiger charge is -2.19. The summed E-state index contributed by atoms with van der Waals surface area (Å²) in [5.41, 5.74) is 6.30. The summed E-state index contributed by atoms with van der Waals surface area (Å²) < 4.78 is 10.5. The van der Waals surface area contributed by atoms with Crippen molar-refractivity contribution < 1.29 is 19.4 Å². The number of amides is 1. The zero-order valence-electron chi connectivity index (χ0n) is 10.8. The van der Waals surface area contributed by atoms with Gasteiger partial charge in [-0.05, 0) is 24.1 Å². The van der Waals surface area contributed by atoms with E-state index in [2.05, 4.69) is 0 Å². The maximum atomic E-state index is 11.6. The number of ether oxygens (including phenoxy) is 2. The van der Waals surface area contributed by atoms with Crippen LogP contribution in [0.4, 0.5) is 0 Å². The molecule has 0 fully saturated rings. The molecule has 1 amide bonds. The van der Waals surface area contributed by atoms with Gasteiger partial charge in [0.1, 0.15) is 6.10 Å². The average molecular weight is 266 g/mol. The molecule has 1 aromatic carbocycles. The highest BCUT2D eigenvalue weighted by molar-refractivity contribution is 5.80. The molecule has 2 rings (SSSR count). The molecular weight excluding hydrogens is 248 g/mol. The third-order valence-corrected chi connectivity index (χ3v) is 3.06. The number of hydrogen-bond donors (Lipinski definition) is 2. The van der Waals surface area contributed by atoms with E-state index < -0.39 is 6.10 Å². The number of nitrogens with two attached hydrogens (primary N) is 1. The minimum atomic E-state index is -1.12. The van der Waals surface area contributed by atoms with E-state index in [1.807, 2.05) is 18.2 Å². The normalized spacial score (nSPS) is 14.3. The van der Waals surface area contributed by atoms with Crippen molar-refractivity contribution in [3.05, 3.63) is 23.8 Å². The highest BCUT2D eigenvalue weighted by atomic mass is 16.7. The van der Waals surface area contributed by atoms with Crippen LogP contribution in [0, 0.1) is 0 Å². The second kappa shape index (κ2) is 5.90. The lowest BCUT2D eigenvalue weighted by Crippen LogP contribution is -2.41. The van der Waals surface area contributed by atoms with Gasteiger partial charge in [-0.15, -0.1) is 0 Å². The standard InChI is InChI=1S/C13H18N2O4/c1-15(13(17)10(16)7-14)5-4-9-2-3-11-12(6-9)19-8-18-11/h2-3,6,10,16H,4-5,7-8,14H2,1H3. The molecule has 1 unspecified atom stereocenters. The molecule has 0 saturated carbocycles. The molecule has 0 bridgehead atoms. The van der Waals surface area contributed by atoms with Crippen LogP contribution < -0.4 is 15.2 Å². The Labute approximate surface area is 111 Å². The third-order valence-electron chi connectivity index (χ3n) is 3.06. The summed E-state index contributed by atoms with van der Waals surface area (Å²) in [7, 11) is 1.65. The topological polar surface area (TPSA) is 85.0 Å². The van der Waals surface area contributed by atoms with Crippen LogP contribution in [-0.4, -0.2) is 48.9 Å². The SMILES string of the molecule is CN(CCc1ccc2c(c1)OCO2)C(=O)C(O)CN. The molecule has 0 aromatic heterocycles. The first-order chi connectivity index (χ1) is 9.11. The summed E-state index contributed by atoms with van der Waals surface area (Å²) in [5.74, 6) is 1.11. The predicted molar refractivity (Wildman–Crippen MR) is 69.0 cm³/mol. The van der Waals surface area contributed by atoms with Gasteiger partial charge in [-0.25, -0.2) is 0 Å². The molecule has 1 heterocycles. The molecule has 0 saturated heterocycles. The summed E-state index contributed by atoms with van der Waals surface area (Å²) >= 11 is 0. The van der Waals surface area contributed by atoms with Crippen molar-refractivity contribution in [2.75, 3.05) is 26.9 Å². The van der Waals surface area contributed by atoms with Crippen LogP contribution in [0.15, 0.2) is 18.2 Å². The molecular formula is C13H18N2O4. The summed E-state index contributed by atoms with van der Waals surface area (Å²) in [5, 5.41) is 9.37. The number of hydrogen-bond acceptors (Lipinski definition) is 5. The van der Waals surface area contributed by atoms with Gasteiger partial charge in [0.2, 0.25) is 6.79 Å². The first-order valence-corrected chi connectivity index (χ1v) is 6.13. The van der Waals surface area contributed by atoms with E-state index in [1.54, 1.807) is 7.05 Å². The molecule has 6 heteroatoms. The lowest BCUT2D eigenvalue weighted by atomic mass is 10.1. The summed E-state index contributed by atoms with van der Waals surface area (Å²) in [6.07, 6.45) is -0.447. The van der Waals surface area contributed by atoms with Crippen LogP contribution in [0.2, 0.25) is 0 Å². The van der Waals surface area contributed by atoms with Crippen LogP contribution >= 0.6 is 0 Å². The minimum Gasteiger partial charge on any atom is -0.454 e. The average Bonchev–Trinajstić information content (AvgIpc) is 2.90. The fourth-order valence-corrected chi connectivity index (χ4v) is 1.86. The Bertz CT molecular complexity index is 464. The highest BCUT2D eigenvalue weighted by Gasteiger charge is 2.18. The molecule has 3 N–H and O–H groups in total. The molecule has 0 radical (unpaired) electrons. The van der Waals surface area contributed by atoms with Crippen LogP contribution in [-0.2, 0) is 11.2 Å². The molecule has 1 aliphatic rings. The van der Waals surface area contributed by atoms with Gasteiger partial charge in [0.05, 0.1) is 0 Å². The van der Waals surface area contributed by atoms with Crippen molar-refractivity contribution in [3.63, 3.8) is 0 Å².